The number of ether oxygens (including phenoxy) is 1. The van der Waals surface area contributed by atoms with E-state index in [1.807, 2.05) is 32.0 Å². The van der Waals surface area contributed by atoms with Crippen LogP contribution in [0.1, 0.15) is 24.0 Å². The molecule has 1 atom stereocenters. The monoisotopic (exact) mass is 308 g/mol. The quantitative estimate of drug-likeness (QED) is 0.593. The highest BCUT2D eigenvalue weighted by Crippen LogP contribution is 2.13. The molecule has 0 bridgehead atoms. The van der Waals surface area contributed by atoms with Crippen LogP contribution in [0.5, 0.6) is 0 Å². The van der Waals surface area contributed by atoms with E-state index in [2.05, 4.69) is 5.32 Å². The van der Waals surface area contributed by atoms with Gasteiger partial charge in [0, 0.05) is 19.2 Å². The van der Waals surface area contributed by atoms with Crippen LogP contribution in [0.4, 0.5) is 5.69 Å². The molecule has 0 spiro atoms. The van der Waals surface area contributed by atoms with Crippen molar-refractivity contribution in [2.45, 2.75) is 32.7 Å². The van der Waals surface area contributed by atoms with Crippen molar-refractivity contribution < 1.29 is 24.7 Å². The van der Waals surface area contributed by atoms with Crippen molar-refractivity contribution in [3.63, 3.8) is 0 Å². The zero-order valence-corrected chi connectivity index (χ0v) is 13.3. The fourth-order valence-electron chi connectivity index (χ4n) is 2.27. The van der Waals surface area contributed by atoms with E-state index in [1.54, 1.807) is 12.4 Å². The number of methoxy groups -OCH3 is 1. The van der Waals surface area contributed by atoms with Gasteiger partial charge in [0.05, 0.1) is 25.5 Å². The van der Waals surface area contributed by atoms with E-state index < -0.39 is 12.0 Å². The van der Waals surface area contributed by atoms with Gasteiger partial charge in [0.2, 0.25) is 5.91 Å². The van der Waals surface area contributed by atoms with Gasteiger partial charge in [-0.1, -0.05) is 6.07 Å². The maximum absolute atomic E-state index is 12.0. The van der Waals surface area contributed by atoms with Crippen molar-refractivity contribution in [1.82, 2.24) is 0 Å². The van der Waals surface area contributed by atoms with Gasteiger partial charge in [-0.25, -0.2) is 0 Å². The fourth-order valence-corrected chi connectivity index (χ4v) is 2.27. The molecule has 0 heterocycles. The molecule has 0 aliphatic heterocycles. The van der Waals surface area contributed by atoms with Crippen molar-refractivity contribution in [2.75, 3.05) is 25.6 Å². The first-order chi connectivity index (χ1) is 10.4. The van der Waals surface area contributed by atoms with E-state index in [1.165, 1.54) is 0 Å². The molecule has 0 aromatic heterocycles. The van der Waals surface area contributed by atoms with Crippen LogP contribution >= 0.6 is 0 Å². The number of carboxylic acids is 1. The van der Waals surface area contributed by atoms with Crippen molar-refractivity contribution in [2.24, 2.45) is 0 Å². The lowest BCUT2D eigenvalue weighted by molar-refractivity contribution is -0.682. The first-order valence-corrected chi connectivity index (χ1v) is 7.33. The Labute approximate surface area is 130 Å². The number of amides is 1. The molecule has 0 radical (unpaired) electrons. The Hall–Kier alpha value is -1.92. The van der Waals surface area contributed by atoms with Crippen LogP contribution in [0, 0.1) is 13.8 Å². The highest BCUT2D eigenvalue weighted by molar-refractivity contribution is 5.93. The molecule has 6 heteroatoms. The lowest BCUT2D eigenvalue weighted by atomic mass is 10.1. The van der Waals surface area contributed by atoms with Gasteiger partial charge in [-0.3, -0.25) is 4.79 Å². The molecule has 0 aliphatic carbocycles. The molecule has 0 saturated carbocycles. The summed E-state index contributed by atoms with van der Waals surface area (Å²) < 4.78 is 4.90. The number of carboxylic acid groups (broad SMARTS) is 1. The number of benzene rings is 1. The molecule has 1 rings (SSSR count). The van der Waals surface area contributed by atoms with Crippen LogP contribution in [0.25, 0.3) is 0 Å². The summed E-state index contributed by atoms with van der Waals surface area (Å²) in [6.45, 7) is 5.01. The van der Waals surface area contributed by atoms with E-state index in [0.29, 0.717) is 18.8 Å². The Morgan fingerprint density at radius 2 is 1.91 bits per heavy atom. The minimum absolute atomic E-state index is 0.123. The number of nitrogens with one attached hydrogen (secondary N) is 1. The summed E-state index contributed by atoms with van der Waals surface area (Å²) >= 11 is 0. The number of aliphatic carboxylic acids is 1. The van der Waals surface area contributed by atoms with Gasteiger partial charge >= 0.3 is 0 Å². The smallest absolute Gasteiger partial charge is 0.230 e. The highest BCUT2D eigenvalue weighted by atomic mass is 16.5. The predicted octanol–water partition coefficient (Wildman–Crippen LogP) is -0.650. The third kappa shape index (κ3) is 6.69. The summed E-state index contributed by atoms with van der Waals surface area (Å²) in [6.07, 6.45) is 0.598. The van der Waals surface area contributed by atoms with Crippen LogP contribution in [-0.2, 0) is 14.3 Å². The molecule has 3 N–H and O–H groups in total. The van der Waals surface area contributed by atoms with E-state index in [0.717, 1.165) is 17.5 Å². The van der Waals surface area contributed by atoms with Crippen LogP contribution in [-0.4, -0.2) is 38.2 Å². The number of carbonyl (C=O) groups excluding carboxylic acids is 2. The van der Waals surface area contributed by atoms with Crippen molar-refractivity contribution in [3.05, 3.63) is 29.3 Å². The summed E-state index contributed by atoms with van der Waals surface area (Å²) in [5.41, 5.74) is 2.76. The number of anilines is 1. The summed E-state index contributed by atoms with van der Waals surface area (Å²) in [6, 6.07) is 4.81. The number of rotatable bonds is 9. The van der Waals surface area contributed by atoms with Gasteiger partial charge in [0.15, 0.2) is 0 Å². The first-order valence-electron chi connectivity index (χ1n) is 7.33. The van der Waals surface area contributed by atoms with Crippen molar-refractivity contribution in [3.8, 4) is 0 Å². The fraction of sp³-hybridized carbons (Fsp3) is 0.500. The molecule has 1 aromatic rings. The lowest BCUT2D eigenvalue weighted by Gasteiger charge is -2.16. The van der Waals surface area contributed by atoms with Crippen molar-refractivity contribution in [1.29, 1.82) is 0 Å². The summed E-state index contributed by atoms with van der Waals surface area (Å²) in [4.78, 5) is 23.1. The number of hydrogen-bond acceptors (Lipinski definition) is 4. The van der Waals surface area contributed by atoms with Gasteiger partial charge in [0.1, 0.15) is 6.04 Å². The largest absolute Gasteiger partial charge is 0.544 e. The third-order valence-corrected chi connectivity index (χ3v) is 3.22. The van der Waals surface area contributed by atoms with Crippen LogP contribution in [0.2, 0.25) is 0 Å². The van der Waals surface area contributed by atoms with E-state index in [-0.39, 0.29) is 12.3 Å². The molecule has 122 valence electrons. The van der Waals surface area contributed by atoms with Gasteiger partial charge in [-0.15, -0.1) is 0 Å². The Kier molecular flexibility index (Phi) is 7.56. The molecule has 1 amide bonds. The highest BCUT2D eigenvalue weighted by Gasteiger charge is 2.18. The average Bonchev–Trinajstić information content (AvgIpc) is 2.40. The van der Waals surface area contributed by atoms with Crippen molar-refractivity contribution >= 4 is 17.6 Å². The van der Waals surface area contributed by atoms with E-state index in [9.17, 15) is 14.7 Å². The van der Waals surface area contributed by atoms with Gasteiger partial charge in [-0.05, 0) is 37.1 Å². The van der Waals surface area contributed by atoms with E-state index >= 15 is 0 Å². The zero-order valence-electron chi connectivity index (χ0n) is 13.3. The SMILES string of the molecule is COCCC[NH2+][C@H](CC(=O)Nc1cc(C)cc(C)c1)C(=O)[O-]. The Balaban J connectivity index is 2.54. The number of nitrogens with two attached hydrogens (primary N) is 1. The van der Waals surface area contributed by atoms with Crippen LogP contribution in [0.3, 0.4) is 0 Å². The van der Waals surface area contributed by atoms with Gasteiger partial charge in [-0.2, -0.15) is 0 Å². The molecule has 1 aromatic carbocycles. The standard InChI is InChI=1S/C16H24N2O4/c1-11-7-12(2)9-13(8-11)18-15(19)10-14(16(20)21)17-5-4-6-22-3/h7-9,14,17H,4-6,10H2,1-3H3,(H,18,19)(H,20,21)/t14-/m1/s1. The van der Waals surface area contributed by atoms with E-state index in [4.69, 9.17) is 4.74 Å². The first kappa shape index (κ1) is 18.1. The summed E-state index contributed by atoms with van der Waals surface area (Å²) in [5.74, 6) is -1.56. The molecule has 22 heavy (non-hydrogen) atoms. The van der Waals surface area contributed by atoms with Crippen LogP contribution in [0.15, 0.2) is 18.2 Å². The number of hydrogen-bond donors (Lipinski definition) is 2. The molecule has 0 saturated heterocycles. The summed E-state index contributed by atoms with van der Waals surface area (Å²) in [5, 5.41) is 15.4. The Morgan fingerprint density at radius 3 is 2.45 bits per heavy atom. The normalized spacial score (nSPS) is 12.0. The van der Waals surface area contributed by atoms with Gasteiger partial charge < -0.3 is 25.3 Å². The molecule has 0 aliphatic rings. The minimum Gasteiger partial charge on any atom is -0.544 e. The number of quaternary nitrogens is 1. The molecular weight excluding hydrogens is 284 g/mol. The minimum atomic E-state index is -1.23. The second kappa shape index (κ2) is 9.17. The second-order valence-corrected chi connectivity index (χ2v) is 5.42. The number of aryl methyl sites for hydroxylation is 2. The number of carbonyl (C=O) groups is 2. The molecule has 6 nitrogen and oxygen atoms in total. The maximum atomic E-state index is 12.0. The molecular formula is C16H24N2O4. The Bertz CT molecular complexity index is 497. The lowest BCUT2D eigenvalue weighted by Crippen LogP contribution is -2.93. The average molecular weight is 308 g/mol. The second-order valence-electron chi connectivity index (χ2n) is 5.42. The molecule has 0 unspecified atom stereocenters. The summed E-state index contributed by atoms with van der Waals surface area (Å²) in [7, 11) is 1.59. The third-order valence-electron chi connectivity index (χ3n) is 3.22. The molecule has 0 fully saturated rings. The zero-order chi connectivity index (χ0) is 16.5. The topological polar surface area (TPSA) is 95.1 Å². The predicted molar refractivity (Wildman–Crippen MR) is 81.2 cm³/mol. The maximum Gasteiger partial charge on any atom is 0.230 e. The Morgan fingerprint density at radius 1 is 1.27 bits per heavy atom. The van der Waals surface area contributed by atoms with Gasteiger partial charge in [0.25, 0.3) is 0 Å². The van der Waals surface area contributed by atoms with Crippen LogP contribution < -0.4 is 15.7 Å².